The van der Waals surface area contributed by atoms with E-state index in [1.54, 1.807) is 6.07 Å². The van der Waals surface area contributed by atoms with Crippen LogP contribution in [0.5, 0.6) is 0 Å². The molecule has 0 aromatic carbocycles. The maximum Gasteiger partial charge on any atom is 0.345 e. The van der Waals surface area contributed by atoms with Crippen LogP contribution in [0.2, 0.25) is 0 Å². The zero-order valence-electron chi connectivity index (χ0n) is 10.9. The first kappa shape index (κ1) is 14.5. The Morgan fingerprint density at radius 3 is 2.79 bits per heavy atom. The van der Waals surface area contributed by atoms with E-state index in [2.05, 4.69) is 5.32 Å². The number of carboxylic acid groups (broad SMARTS) is 1. The van der Waals surface area contributed by atoms with Crippen LogP contribution in [-0.2, 0) is 11.3 Å². The molecule has 2 rings (SSSR count). The summed E-state index contributed by atoms with van der Waals surface area (Å²) in [5.41, 5.74) is 0.288. The van der Waals surface area contributed by atoms with E-state index in [1.807, 2.05) is 6.92 Å². The third kappa shape index (κ3) is 3.76. The number of carboxylic acids is 1. The normalized spacial score (nSPS) is 18.4. The molecule has 1 fully saturated rings. The molecular weight excluding hydrogens is 266 g/mol. The summed E-state index contributed by atoms with van der Waals surface area (Å²) >= 11 is 1.29. The smallest absolute Gasteiger partial charge is 0.345 e. The first-order chi connectivity index (χ1) is 9.00. The molecule has 0 unspecified atom stereocenters. The van der Waals surface area contributed by atoms with Crippen molar-refractivity contribution in [3.05, 3.63) is 21.4 Å². The first-order valence-corrected chi connectivity index (χ1v) is 7.15. The van der Waals surface area contributed by atoms with E-state index in [9.17, 15) is 9.90 Å². The zero-order chi connectivity index (χ0) is 13.9. The van der Waals surface area contributed by atoms with Gasteiger partial charge in [-0.25, -0.2) is 4.79 Å². The second-order valence-electron chi connectivity index (χ2n) is 4.94. The van der Waals surface area contributed by atoms with Gasteiger partial charge in [-0.1, -0.05) is 0 Å². The van der Waals surface area contributed by atoms with Crippen molar-refractivity contribution in [1.82, 2.24) is 5.32 Å². The molecule has 1 saturated heterocycles. The standard InChI is InChI=1S/C13H19NO4S/c1-9-10(6-11(19-9)12(15)16)7-14-8-13(17)2-4-18-5-3-13/h6,14,17H,2-5,7-8H2,1H3,(H,15,16). The predicted molar refractivity (Wildman–Crippen MR) is 72.7 cm³/mol. The largest absolute Gasteiger partial charge is 0.477 e. The van der Waals surface area contributed by atoms with Gasteiger partial charge in [0.15, 0.2) is 0 Å². The van der Waals surface area contributed by atoms with Gasteiger partial charge in [-0.05, 0) is 18.6 Å². The summed E-state index contributed by atoms with van der Waals surface area (Å²) in [5.74, 6) is -0.887. The molecule has 1 aromatic heterocycles. The molecule has 1 aliphatic heterocycles. The monoisotopic (exact) mass is 285 g/mol. The van der Waals surface area contributed by atoms with Crippen molar-refractivity contribution in [2.45, 2.75) is 31.9 Å². The predicted octanol–water partition coefficient (Wildman–Crippen LogP) is 1.39. The van der Waals surface area contributed by atoms with Crippen molar-refractivity contribution in [2.75, 3.05) is 19.8 Å². The van der Waals surface area contributed by atoms with E-state index in [0.29, 0.717) is 44.0 Å². The van der Waals surface area contributed by atoms with Gasteiger partial charge in [-0.2, -0.15) is 0 Å². The number of thiophene rings is 1. The molecule has 19 heavy (non-hydrogen) atoms. The lowest BCUT2D eigenvalue weighted by atomic mass is 9.94. The van der Waals surface area contributed by atoms with Gasteiger partial charge in [0.1, 0.15) is 4.88 Å². The van der Waals surface area contributed by atoms with Gasteiger partial charge in [0.05, 0.1) is 5.60 Å². The van der Waals surface area contributed by atoms with Crippen LogP contribution in [0.15, 0.2) is 6.07 Å². The molecule has 3 N–H and O–H groups in total. The van der Waals surface area contributed by atoms with Crippen molar-refractivity contribution < 1.29 is 19.7 Å². The Hall–Kier alpha value is -0.950. The lowest BCUT2D eigenvalue weighted by Gasteiger charge is -2.32. The summed E-state index contributed by atoms with van der Waals surface area (Å²) in [7, 11) is 0. The Morgan fingerprint density at radius 2 is 2.21 bits per heavy atom. The molecule has 106 valence electrons. The average molecular weight is 285 g/mol. The fraction of sp³-hybridized carbons (Fsp3) is 0.615. The van der Waals surface area contributed by atoms with Crippen LogP contribution in [-0.4, -0.2) is 41.5 Å². The van der Waals surface area contributed by atoms with Crippen LogP contribution in [0.1, 0.15) is 33.0 Å². The van der Waals surface area contributed by atoms with Crippen LogP contribution < -0.4 is 5.32 Å². The van der Waals surface area contributed by atoms with Crippen LogP contribution >= 0.6 is 11.3 Å². The highest BCUT2D eigenvalue weighted by Crippen LogP contribution is 2.22. The molecule has 0 saturated carbocycles. The number of rotatable bonds is 5. The van der Waals surface area contributed by atoms with Gasteiger partial charge in [-0.15, -0.1) is 11.3 Å². The second-order valence-corrected chi connectivity index (χ2v) is 6.19. The van der Waals surface area contributed by atoms with Crippen LogP contribution in [0, 0.1) is 6.92 Å². The Labute approximate surface area is 116 Å². The number of ether oxygens (including phenoxy) is 1. The van der Waals surface area contributed by atoms with Gasteiger partial charge < -0.3 is 20.3 Å². The molecule has 0 aliphatic carbocycles. The minimum absolute atomic E-state index is 0.360. The number of hydrogen-bond acceptors (Lipinski definition) is 5. The lowest BCUT2D eigenvalue weighted by molar-refractivity contribution is -0.0617. The first-order valence-electron chi connectivity index (χ1n) is 6.34. The molecule has 6 heteroatoms. The number of carbonyl (C=O) groups is 1. The molecule has 0 spiro atoms. The van der Waals surface area contributed by atoms with E-state index < -0.39 is 11.6 Å². The molecule has 0 amide bonds. The zero-order valence-corrected chi connectivity index (χ0v) is 11.8. The number of hydrogen-bond donors (Lipinski definition) is 3. The molecule has 0 atom stereocenters. The summed E-state index contributed by atoms with van der Waals surface area (Å²) in [6.07, 6.45) is 1.28. The summed E-state index contributed by atoms with van der Waals surface area (Å²) in [5, 5.41) is 22.4. The summed E-state index contributed by atoms with van der Waals surface area (Å²) < 4.78 is 5.23. The third-order valence-electron chi connectivity index (χ3n) is 3.42. The maximum absolute atomic E-state index is 10.9. The van der Waals surface area contributed by atoms with E-state index in [1.165, 1.54) is 11.3 Å². The molecule has 0 radical (unpaired) electrons. The Balaban J connectivity index is 1.87. The second kappa shape index (κ2) is 6.00. The number of aryl methyl sites for hydroxylation is 1. The minimum atomic E-state index is -0.887. The minimum Gasteiger partial charge on any atom is -0.477 e. The van der Waals surface area contributed by atoms with Gasteiger partial charge in [0, 0.05) is 44.0 Å². The summed E-state index contributed by atoms with van der Waals surface area (Å²) in [6.45, 7) is 4.20. The molecular formula is C13H19NO4S. The van der Waals surface area contributed by atoms with Gasteiger partial charge in [0.2, 0.25) is 0 Å². The van der Waals surface area contributed by atoms with Gasteiger partial charge in [0.25, 0.3) is 0 Å². The molecule has 0 bridgehead atoms. The highest BCUT2D eigenvalue weighted by atomic mass is 32.1. The maximum atomic E-state index is 10.9. The van der Waals surface area contributed by atoms with Gasteiger partial charge >= 0.3 is 5.97 Å². The Morgan fingerprint density at radius 1 is 1.53 bits per heavy atom. The highest BCUT2D eigenvalue weighted by molar-refractivity contribution is 7.14. The van der Waals surface area contributed by atoms with Crippen molar-refractivity contribution in [2.24, 2.45) is 0 Å². The fourth-order valence-electron chi connectivity index (χ4n) is 2.16. The third-order valence-corrected chi connectivity index (χ3v) is 4.51. The van der Waals surface area contributed by atoms with Gasteiger partial charge in [-0.3, -0.25) is 0 Å². The number of nitrogens with one attached hydrogen (secondary N) is 1. The summed E-state index contributed by atoms with van der Waals surface area (Å²) in [4.78, 5) is 12.2. The van der Waals surface area contributed by atoms with Crippen molar-refractivity contribution >= 4 is 17.3 Å². The molecule has 2 heterocycles. The molecule has 1 aromatic rings. The van der Waals surface area contributed by atoms with Crippen LogP contribution in [0.3, 0.4) is 0 Å². The van der Waals surface area contributed by atoms with Crippen molar-refractivity contribution in [3.8, 4) is 0 Å². The van der Waals surface area contributed by atoms with E-state index in [-0.39, 0.29) is 0 Å². The number of aliphatic hydroxyl groups is 1. The van der Waals surface area contributed by atoms with E-state index in [4.69, 9.17) is 9.84 Å². The highest BCUT2D eigenvalue weighted by Gasteiger charge is 2.29. The average Bonchev–Trinajstić information content (AvgIpc) is 2.72. The Kier molecular flexibility index (Phi) is 4.57. The summed E-state index contributed by atoms with van der Waals surface area (Å²) in [6, 6.07) is 1.70. The van der Waals surface area contributed by atoms with Crippen molar-refractivity contribution in [1.29, 1.82) is 0 Å². The quantitative estimate of drug-likeness (QED) is 0.762. The number of aromatic carboxylic acids is 1. The van der Waals surface area contributed by atoms with Crippen molar-refractivity contribution in [3.63, 3.8) is 0 Å². The van der Waals surface area contributed by atoms with Crippen LogP contribution in [0.25, 0.3) is 0 Å². The molecule has 1 aliphatic rings. The van der Waals surface area contributed by atoms with Crippen LogP contribution in [0.4, 0.5) is 0 Å². The van der Waals surface area contributed by atoms with E-state index >= 15 is 0 Å². The SMILES string of the molecule is Cc1sc(C(=O)O)cc1CNCC1(O)CCOCC1. The topological polar surface area (TPSA) is 78.8 Å². The lowest BCUT2D eigenvalue weighted by Crippen LogP contribution is -2.44. The fourth-order valence-corrected chi connectivity index (χ4v) is 3.04. The molecule has 5 nitrogen and oxygen atoms in total. The Bertz CT molecular complexity index is 451. The van der Waals surface area contributed by atoms with E-state index in [0.717, 1.165) is 10.4 Å².